The lowest BCUT2D eigenvalue weighted by molar-refractivity contribution is 0.116. The summed E-state index contributed by atoms with van der Waals surface area (Å²) < 4.78 is 5.69. The highest BCUT2D eigenvalue weighted by atomic mass is 79.9. The minimum atomic E-state index is -0.524. The summed E-state index contributed by atoms with van der Waals surface area (Å²) in [5.41, 5.74) is 0.990. The van der Waals surface area contributed by atoms with Crippen molar-refractivity contribution < 1.29 is 14.6 Å². The zero-order valence-electron chi connectivity index (χ0n) is 8.94. The number of aliphatic hydroxyl groups is 1. The molecule has 5 heteroatoms. The van der Waals surface area contributed by atoms with E-state index in [-0.39, 0.29) is 19.3 Å². The highest BCUT2D eigenvalue weighted by Gasteiger charge is 2.09. The van der Waals surface area contributed by atoms with Crippen molar-refractivity contribution >= 4 is 22.0 Å². The SMILES string of the molecule is C[C@@H](NC(=O)OCCO)c1ccc(Br)cc1. The number of alkyl carbamates (subject to hydrolysis) is 1. The zero-order valence-corrected chi connectivity index (χ0v) is 10.5. The molecule has 0 unspecified atom stereocenters. The lowest BCUT2D eigenvalue weighted by atomic mass is 10.1. The second-order valence-electron chi connectivity index (χ2n) is 3.28. The monoisotopic (exact) mass is 287 g/mol. The van der Waals surface area contributed by atoms with Crippen LogP contribution < -0.4 is 5.32 Å². The Morgan fingerprint density at radius 1 is 1.50 bits per heavy atom. The maximum absolute atomic E-state index is 11.2. The second-order valence-corrected chi connectivity index (χ2v) is 4.19. The summed E-state index contributed by atoms with van der Waals surface area (Å²) in [5.74, 6) is 0. The highest BCUT2D eigenvalue weighted by molar-refractivity contribution is 9.10. The lowest BCUT2D eigenvalue weighted by Gasteiger charge is -2.14. The van der Waals surface area contributed by atoms with Gasteiger partial charge in [-0.3, -0.25) is 0 Å². The van der Waals surface area contributed by atoms with Gasteiger partial charge in [-0.1, -0.05) is 28.1 Å². The summed E-state index contributed by atoms with van der Waals surface area (Å²) in [6.07, 6.45) is -0.524. The fourth-order valence-electron chi connectivity index (χ4n) is 1.19. The van der Waals surface area contributed by atoms with E-state index >= 15 is 0 Å². The fraction of sp³-hybridized carbons (Fsp3) is 0.364. The molecule has 1 rings (SSSR count). The van der Waals surface area contributed by atoms with Crippen LogP contribution in [0.15, 0.2) is 28.7 Å². The van der Waals surface area contributed by atoms with Crippen molar-refractivity contribution in [2.45, 2.75) is 13.0 Å². The smallest absolute Gasteiger partial charge is 0.407 e. The molecule has 0 spiro atoms. The average Bonchev–Trinajstić information content (AvgIpc) is 2.27. The van der Waals surface area contributed by atoms with Crippen LogP contribution >= 0.6 is 15.9 Å². The molecule has 0 radical (unpaired) electrons. The molecule has 0 saturated heterocycles. The lowest BCUT2D eigenvalue weighted by Crippen LogP contribution is -2.28. The predicted molar refractivity (Wildman–Crippen MR) is 64.1 cm³/mol. The van der Waals surface area contributed by atoms with Crippen molar-refractivity contribution in [2.75, 3.05) is 13.2 Å². The van der Waals surface area contributed by atoms with E-state index in [9.17, 15) is 4.79 Å². The number of ether oxygens (including phenoxy) is 1. The molecule has 0 heterocycles. The molecule has 0 aliphatic carbocycles. The third-order valence-corrected chi connectivity index (χ3v) is 2.56. The van der Waals surface area contributed by atoms with E-state index in [2.05, 4.69) is 21.2 Å². The van der Waals surface area contributed by atoms with Gasteiger partial charge in [0.25, 0.3) is 0 Å². The maximum atomic E-state index is 11.2. The molecular formula is C11H14BrNO3. The molecule has 1 aromatic carbocycles. The van der Waals surface area contributed by atoms with E-state index in [1.165, 1.54) is 0 Å². The Labute approximate surface area is 103 Å². The normalized spacial score (nSPS) is 11.9. The molecule has 16 heavy (non-hydrogen) atoms. The van der Waals surface area contributed by atoms with Crippen molar-refractivity contribution in [3.63, 3.8) is 0 Å². The van der Waals surface area contributed by atoms with Crippen LogP contribution in [0.4, 0.5) is 4.79 Å². The van der Waals surface area contributed by atoms with E-state index in [0.29, 0.717) is 0 Å². The van der Waals surface area contributed by atoms with Crippen LogP contribution in [0, 0.1) is 0 Å². The van der Waals surface area contributed by atoms with Crippen molar-refractivity contribution in [1.29, 1.82) is 0 Å². The molecule has 0 bridgehead atoms. The molecule has 4 nitrogen and oxygen atoms in total. The molecule has 0 aliphatic heterocycles. The van der Waals surface area contributed by atoms with Gasteiger partial charge in [-0.05, 0) is 24.6 Å². The summed E-state index contributed by atoms with van der Waals surface area (Å²) in [6.45, 7) is 1.71. The molecule has 0 aromatic heterocycles. The zero-order chi connectivity index (χ0) is 12.0. The Morgan fingerprint density at radius 3 is 2.69 bits per heavy atom. The largest absolute Gasteiger partial charge is 0.447 e. The van der Waals surface area contributed by atoms with Gasteiger partial charge in [0.05, 0.1) is 12.6 Å². The van der Waals surface area contributed by atoms with Gasteiger partial charge in [-0.25, -0.2) is 4.79 Å². The number of carbonyl (C=O) groups excluding carboxylic acids is 1. The quantitative estimate of drug-likeness (QED) is 0.893. The maximum Gasteiger partial charge on any atom is 0.407 e. The van der Waals surface area contributed by atoms with Gasteiger partial charge in [-0.15, -0.1) is 0 Å². The first-order valence-electron chi connectivity index (χ1n) is 4.93. The van der Waals surface area contributed by atoms with Gasteiger partial charge in [0, 0.05) is 4.47 Å². The van der Waals surface area contributed by atoms with E-state index in [4.69, 9.17) is 9.84 Å². The fourth-order valence-corrected chi connectivity index (χ4v) is 1.46. The van der Waals surface area contributed by atoms with E-state index in [1.54, 1.807) is 0 Å². The van der Waals surface area contributed by atoms with Gasteiger partial charge in [0.2, 0.25) is 0 Å². The van der Waals surface area contributed by atoms with Crippen molar-refractivity contribution in [2.24, 2.45) is 0 Å². The number of aliphatic hydroxyl groups excluding tert-OH is 1. The number of carbonyl (C=O) groups is 1. The van der Waals surface area contributed by atoms with Gasteiger partial charge in [0.15, 0.2) is 0 Å². The van der Waals surface area contributed by atoms with Crippen molar-refractivity contribution in [1.82, 2.24) is 5.32 Å². The Hall–Kier alpha value is -1.07. The Morgan fingerprint density at radius 2 is 2.12 bits per heavy atom. The van der Waals surface area contributed by atoms with Crippen molar-refractivity contribution in [3.05, 3.63) is 34.3 Å². The Kier molecular flexibility index (Phi) is 5.28. The molecule has 0 fully saturated rings. The van der Waals surface area contributed by atoms with Crippen LogP contribution in [0.5, 0.6) is 0 Å². The molecule has 88 valence electrons. The van der Waals surface area contributed by atoms with Gasteiger partial charge in [0.1, 0.15) is 6.61 Å². The van der Waals surface area contributed by atoms with Crippen LogP contribution in [0.3, 0.4) is 0 Å². The van der Waals surface area contributed by atoms with Gasteiger partial charge < -0.3 is 15.2 Å². The molecule has 1 aromatic rings. The predicted octanol–water partition coefficient (Wildman–Crippen LogP) is 2.23. The first-order chi connectivity index (χ1) is 7.63. The topological polar surface area (TPSA) is 58.6 Å². The number of amides is 1. The third-order valence-electron chi connectivity index (χ3n) is 2.03. The highest BCUT2D eigenvalue weighted by Crippen LogP contribution is 2.16. The molecule has 1 atom stereocenters. The van der Waals surface area contributed by atoms with Gasteiger partial charge >= 0.3 is 6.09 Å². The molecular weight excluding hydrogens is 274 g/mol. The summed E-state index contributed by atoms with van der Waals surface area (Å²) >= 11 is 3.34. The third kappa shape index (κ3) is 4.20. The molecule has 2 N–H and O–H groups in total. The Balaban J connectivity index is 2.48. The standard InChI is InChI=1S/C11H14BrNO3/c1-8(13-11(15)16-7-6-14)9-2-4-10(12)5-3-9/h2-5,8,14H,6-7H2,1H3,(H,13,15)/t8-/m1/s1. The molecule has 1 amide bonds. The minimum absolute atomic E-state index is 0.0128. The molecule has 0 saturated carbocycles. The first-order valence-corrected chi connectivity index (χ1v) is 5.72. The van der Waals surface area contributed by atoms with Crippen molar-refractivity contribution in [3.8, 4) is 0 Å². The average molecular weight is 288 g/mol. The number of halogens is 1. The number of rotatable bonds is 4. The number of hydrogen-bond acceptors (Lipinski definition) is 3. The second kappa shape index (κ2) is 6.50. The number of benzene rings is 1. The van der Waals surface area contributed by atoms with E-state index < -0.39 is 6.09 Å². The summed E-state index contributed by atoms with van der Waals surface area (Å²) in [5, 5.41) is 11.1. The Bertz CT molecular complexity index is 340. The van der Waals surface area contributed by atoms with E-state index in [1.807, 2.05) is 31.2 Å². The summed E-state index contributed by atoms with van der Waals surface area (Å²) in [7, 11) is 0. The summed E-state index contributed by atoms with van der Waals surface area (Å²) in [4.78, 5) is 11.2. The van der Waals surface area contributed by atoms with Crippen LogP contribution in [0.2, 0.25) is 0 Å². The van der Waals surface area contributed by atoms with Gasteiger partial charge in [-0.2, -0.15) is 0 Å². The van der Waals surface area contributed by atoms with Crippen LogP contribution in [0.25, 0.3) is 0 Å². The van der Waals surface area contributed by atoms with Crippen LogP contribution in [-0.4, -0.2) is 24.4 Å². The molecule has 0 aliphatic rings. The number of hydrogen-bond donors (Lipinski definition) is 2. The van der Waals surface area contributed by atoms with E-state index in [0.717, 1.165) is 10.0 Å². The number of nitrogens with one attached hydrogen (secondary N) is 1. The van der Waals surface area contributed by atoms with Crippen LogP contribution in [0.1, 0.15) is 18.5 Å². The van der Waals surface area contributed by atoms with Crippen LogP contribution in [-0.2, 0) is 4.74 Å². The first kappa shape index (κ1) is 13.0. The summed E-state index contributed by atoms with van der Waals surface area (Å²) in [6, 6.07) is 7.53. The minimum Gasteiger partial charge on any atom is -0.447 e.